The highest BCUT2D eigenvalue weighted by Gasteiger charge is 2.15. The lowest BCUT2D eigenvalue weighted by atomic mass is 10.2. The van der Waals surface area contributed by atoms with E-state index < -0.39 is 5.97 Å². The molecule has 0 aliphatic rings. The number of carbonyl (C=O) groups is 1. The van der Waals surface area contributed by atoms with Crippen LogP contribution in [0.2, 0.25) is 0 Å². The fraction of sp³-hybridized carbons (Fsp3) is 0.0952. The molecule has 0 amide bonds. The molecule has 0 radical (unpaired) electrons. The maximum Gasteiger partial charge on any atom is 0.358 e. The number of benzene rings is 2. The van der Waals surface area contributed by atoms with E-state index in [1.165, 1.54) is 11.3 Å². The van der Waals surface area contributed by atoms with E-state index in [2.05, 4.69) is 10.1 Å². The predicted molar refractivity (Wildman–Crippen MR) is 105 cm³/mol. The maximum absolute atomic E-state index is 12.3. The van der Waals surface area contributed by atoms with E-state index in [9.17, 15) is 4.79 Å². The molecular formula is C21H16N2O4S. The molecule has 6 nitrogen and oxygen atoms in total. The van der Waals surface area contributed by atoms with E-state index >= 15 is 0 Å². The second-order valence-electron chi connectivity index (χ2n) is 5.89. The van der Waals surface area contributed by atoms with Gasteiger partial charge in [0.05, 0.1) is 7.11 Å². The van der Waals surface area contributed by atoms with E-state index in [1.54, 1.807) is 18.6 Å². The summed E-state index contributed by atoms with van der Waals surface area (Å²) in [5, 5.41) is 6.36. The second-order valence-corrected chi connectivity index (χ2v) is 6.75. The second kappa shape index (κ2) is 8.06. The Bertz CT molecular complexity index is 1070. The number of hydrogen-bond acceptors (Lipinski definition) is 7. The SMILES string of the molecule is COc1ccc(-c2nc(C(=O)OCc3cc(-c4ccccc4)on3)cs2)cc1. The molecule has 0 saturated carbocycles. The molecule has 0 aliphatic heterocycles. The van der Waals surface area contributed by atoms with Gasteiger partial charge in [-0.05, 0) is 24.3 Å². The number of hydrogen-bond donors (Lipinski definition) is 0. The molecule has 0 atom stereocenters. The highest BCUT2D eigenvalue weighted by molar-refractivity contribution is 7.13. The fourth-order valence-corrected chi connectivity index (χ4v) is 3.36. The third-order valence-electron chi connectivity index (χ3n) is 4.02. The Morgan fingerprint density at radius 3 is 2.61 bits per heavy atom. The van der Waals surface area contributed by atoms with Crippen LogP contribution in [0, 0.1) is 0 Å². The van der Waals surface area contributed by atoms with Crippen molar-refractivity contribution in [2.45, 2.75) is 6.61 Å². The normalized spacial score (nSPS) is 10.6. The Balaban J connectivity index is 1.39. The van der Waals surface area contributed by atoms with Gasteiger partial charge in [-0.1, -0.05) is 35.5 Å². The van der Waals surface area contributed by atoms with Gasteiger partial charge < -0.3 is 14.0 Å². The van der Waals surface area contributed by atoms with E-state index in [1.807, 2.05) is 54.6 Å². The third-order valence-corrected chi connectivity index (χ3v) is 4.91. The zero-order chi connectivity index (χ0) is 19.3. The highest BCUT2D eigenvalue weighted by atomic mass is 32.1. The maximum atomic E-state index is 12.3. The minimum absolute atomic E-state index is 0.0184. The van der Waals surface area contributed by atoms with Crippen LogP contribution in [-0.4, -0.2) is 23.2 Å². The molecule has 0 unspecified atom stereocenters. The number of methoxy groups -OCH3 is 1. The van der Waals surface area contributed by atoms with Crippen molar-refractivity contribution < 1.29 is 18.8 Å². The zero-order valence-corrected chi connectivity index (χ0v) is 15.8. The number of nitrogens with zero attached hydrogens (tertiary/aromatic N) is 2. The Morgan fingerprint density at radius 2 is 1.86 bits per heavy atom. The van der Waals surface area contributed by atoms with Crippen LogP contribution in [0.4, 0.5) is 0 Å². The fourth-order valence-electron chi connectivity index (χ4n) is 2.57. The minimum atomic E-state index is -0.500. The van der Waals surface area contributed by atoms with Gasteiger partial charge in [-0.15, -0.1) is 11.3 Å². The molecule has 0 fully saturated rings. The largest absolute Gasteiger partial charge is 0.497 e. The van der Waals surface area contributed by atoms with E-state index in [0.29, 0.717) is 11.5 Å². The number of thiazole rings is 1. The van der Waals surface area contributed by atoms with E-state index in [-0.39, 0.29) is 12.3 Å². The van der Waals surface area contributed by atoms with Crippen LogP contribution in [0.25, 0.3) is 21.9 Å². The van der Waals surface area contributed by atoms with Gasteiger partial charge >= 0.3 is 5.97 Å². The van der Waals surface area contributed by atoms with Crippen LogP contribution in [0.5, 0.6) is 5.75 Å². The summed E-state index contributed by atoms with van der Waals surface area (Å²) < 4.78 is 15.8. The number of aromatic nitrogens is 2. The molecule has 7 heteroatoms. The molecule has 0 aliphatic carbocycles. The van der Waals surface area contributed by atoms with Crippen molar-refractivity contribution in [3.63, 3.8) is 0 Å². The first-order chi connectivity index (χ1) is 13.7. The minimum Gasteiger partial charge on any atom is -0.497 e. The summed E-state index contributed by atoms with van der Waals surface area (Å²) in [6.45, 7) is 0.0184. The molecule has 2 aromatic carbocycles. The molecule has 2 aromatic heterocycles. The van der Waals surface area contributed by atoms with Gasteiger partial charge in [-0.25, -0.2) is 9.78 Å². The molecule has 2 heterocycles. The Labute approximate surface area is 165 Å². The van der Waals surface area contributed by atoms with Crippen LogP contribution in [0.3, 0.4) is 0 Å². The lowest BCUT2D eigenvalue weighted by Gasteiger charge is -2.00. The van der Waals surface area contributed by atoms with Gasteiger partial charge in [0.2, 0.25) is 0 Å². The first kappa shape index (κ1) is 17.9. The topological polar surface area (TPSA) is 74.5 Å². The highest BCUT2D eigenvalue weighted by Crippen LogP contribution is 2.26. The summed E-state index contributed by atoms with van der Waals surface area (Å²) in [5.41, 5.74) is 2.63. The summed E-state index contributed by atoms with van der Waals surface area (Å²) in [4.78, 5) is 16.6. The summed E-state index contributed by atoms with van der Waals surface area (Å²) in [5.74, 6) is 0.893. The summed E-state index contributed by atoms with van der Waals surface area (Å²) >= 11 is 1.38. The van der Waals surface area contributed by atoms with Crippen molar-refractivity contribution in [2.24, 2.45) is 0 Å². The van der Waals surface area contributed by atoms with E-state index in [0.717, 1.165) is 21.9 Å². The van der Waals surface area contributed by atoms with Crippen molar-refractivity contribution in [1.29, 1.82) is 0 Å². The van der Waals surface area contributed by atoms with Crippen molar-refractivity contribution >= 4 is 17.3 Å². The van der Waals surface area contributed by atoms with Crippen molar-refractivity contribution in [1.82, 2.24) is 10.1 Å². The quantitative estimate of drug-likeness (QED) is 0.438. The molecule has 0 N–H and O–H groups in total. The lowest BCUT2D eigenvalue weighted by molar-refractivity contribution is 0.0458. The van der Waals surface area contributed by atoms with Gasteiger partial charge in [0.25, 0.3) is 0 Å². The smallest absolute Gasteiger partial charge is 0.358 e. The molecule has 28 heavy (non-hydrogen) atoms. The van der Waals surface area contributed by atoms with Gasteiger partial charge in [0.1, 0.15) is 23.1 Å². The molecule has 4 rings (SSSR count). The monoisotopic (exact) mass is 392 g/mol. The summed E-state index contributed by atoms with van der Waals surface area (Å²) in [6.07, 6.45) is 0. The molecular weight excluding hydrogens is 376 g/mol. The van der Waals surface area contributed by atoms with Crippen LogP contribution >= 0.6 is 11.3 Å². The number of carbonyl (C=O) groups excluding carboxylic acids is 1. The first-order valence-corrected chi connectivity index (χ1v) is 9.39. The number of rotatable bonds is 6. The van der Waals surface area contributed by atoms with Gasteiger partial charge in [-0.3, -0.25) is 0 Å². The number of ether oxygens (including phenoxy) is 2. The predicted octanol–water partition coefficient (Wildman–Crippen LogP) is 4.83. The van der Waals surface area contributed by atoms with Crippen molar-refractivity contribution in [3.05, 3.63) is 77.4 Å². The Hall–Kier alpha value is -3.45. The molecule has 0 saturated heterocycles. The van der Waals surface area contributed by atoms with Gasteiger partial charge in [0, 0.05) is 22.6 Å². The van der Waals surface area contributed by atoms with Crippen molar-refractivity contribution in [3.8, 4) is 27.6 Å². The molecule has 0 bridgehead atoms. The average Bonchev–Trinajstić information content (AvgIpc) is 3.43. The molecule has 0 spiro atoms. The van der Waals surface area contributed by atoms with E-state index in [4.69, 9.17) is 14.0 Å². The molecule has 140 valence electrons. The summed E-state index contributed by atoms with van der Waals surface area (Å²) in [6, 6.07) is 18.9. The third kappa shape index (κ3) is 3.94. The van der Waals surface area contributed by atoms with Crippen LogP contribution in [-0.2, 0) is 11.3 Å². The van der Waals surface area contributed by atoms with Crippen LogP contribution in [0.1, 0.15) is 16.2 Å². The Morgan fingerprint density at radius 1 is 1.07 bits per heavy atom. The van der Waals surface area contributed by atoms with Crippen molar-refractivity contribution in [2.75, 3.05) is 7.11 Å². The summed E-state index contributed by atoms with van der Waals surface area (Å²) in [7, 11) is 1.62. The van der Waals surface area contributed by atoms with Crippen LogP contribution in [0.15, 0.2) is 70.6 Å². The molecule has 4 aromatic rings. The number of esters is 1. The Kier molecular flexibility index (Phi) is 5.16. The van der Waals surface area contributed by atoms with Gasteiger partial charge in [0.15, 0.2) is 11.5 Å². The van der Waals surface area contributed by atoms with Gasteiger partial charge in [-0.2, -0.15) is 0 Å². The van der Waals surface area contributed by atoms with Crippen LogP contribution < -0.4 is 4.74 Å². The first-order valence-electron chi connectivity index (χ1n) is 8.51. The zero-order valence-electron chi connectivity index (χ0n) is 15.0. The standard InChI is InChI=1S/C21H16N2O4S/c1-25-17-9-7-15(8-10-17)20-22-18(13-28-20)21(24)26-12-16-11-19(27-23-16)14-5-3-2-4-6-14/h2-11,13H,12H2,1H3. The lowest BCUT2D eigenvalue weighted by Crippen LogP contribution is -2.05. The average molecular weight is 392 g/mol.